The predicted octanol–water partition coefficient (Wildman–Crippen LogP) is 0.882. The average Bonchev–Trinajstić information content (AvgIpc) is 2.29. The normalized spacial score (nSPS) is 25.4. The van der Waals surface area contributed by atoms with Crippen molar-refractivity contribution in [2.75, 3.05) is 13.1 Å². The summed E-state index contributed by atoms with van der Waals surface area (Å²) in [6, 6.07) is 9.78. The van der Waals surface area contributed by atoms with E-state index in [1.807, 2.05) is 18.2 Å². The molecule has 2 unspecified atom stereocenters. The first-order chi connectivity index (χ1) is 7.66. The molecule has 0 bridgehead atoms. The number of hydrogen-bond acceptors (Lipinski definition) is 2. The maximum Gasteiger partial charge on any atom is 0.314 e. The van der Waals surface area contributed by atoms with Gasteiger partial charge in [0.1, 0.15) is 0 Å². The van der Waals surface area contributed by atoms with Gasteiger partial charge in [0.05, 0.1) is 0 Å². The molecule has 0 aliphatic carbocycles. The Morgan fingerprint density at radius 1 is 1.25 bits per heavy atom. The maximum absolute atomic E-state index is 11.2. The highest BCUT2D eigenvalue weighted by Gasteiger charge is 2.27. The van der Waals surface area contributed by atoms with Gasteiger partial charge < -0.3 is 16.4 Å². The number of carbonyl (C=O) groups excluding carboxylic acids is 1. The highest BCUT2D eigenvalue weighted by atomic mass is 16.2. The zero-order valence-electron chi connectivity index (χ0n) is 9.17. The van der Waals surface area contributed by atoms with Crippen LogP contribution in [0.5, 0.6) is 0 Å². The van der Waals surface area contributed by atoms with Crippen molar-refractivity contribution in [2.45, 2.75) is 18.4 Å². The molecular formula is C12H17N3O. The van der Waals surface area contributed by atoms with Crippen molar-refractivity contribution < 1.29 is 4.79 Å². The Morgan fingerprint density at radius 3 is 2.56 bits per heavy atom. The largest absolute Gasteiger partial charge is 0.351 e. The number of carbonyl (C=O) groups is 1. The van der Waals surface area contributed by atoms with Crippen LogP contribution in [-0.4, -0.2) is 30.1 Å². The molecular weight excluding hydrogens is 202 g/mol. The van der Waals surface area contributed by atoms with E-state index < -0.39 is 0 Å². The minimum absolute atomic E-state index is 0.0199. The number of rotatable bonds is 1. The van der Waals surface area contributed by atoms with Crippen LogP contribution in [0, 0.1) is 0 Å². The molecule has 4 N–H and O–H groups in total. The topological polar surface area (TPSA) is 72.4 Å². The molecule has 1 heterocycles. The van der Waals surface area contributed by atoms with E-state index in [9.17, 15) is 4.79 Å². The molecule has 2 rings (SSSR count). The number of hydrogen-bond donors (Lipinski definition) is 2. The van der Waals surface area contributed by atoms with Gasteiger partial charge in [0.25, 0.3) is 0 Å². The van der Waals surface area contributed by atoms with Gasteiger partial charge in [0, 0.05) is 25.0 Å². The smallest absolute Gasteiger partial charge is 0.314 e. The second-order valence-corrected chi connectivity index (χ2v) is 4.35. The van der Waals surface area contributed by atoms with Gasteiger partial charge in [-0.3, -0.25) is 0 Å². The number of nitrogens with two attached hydrogens (primary N) is 2. The molecule has 1 aromatic carbocycles. The van der Waals surface area contributed by atoms with Crippen molar-refractivity contribution in [3.8, 4) is 0 Å². The van der Waals surface area contributed by atoms with Crippen molar-refractivity contribution in [2.24, 2.45) is 11.5 Å². The fourth-order valence-corrected chi connectivity index (χ4v) is 2.28. The van der Waals surface area contributed by atoms with E-state index in [0.717, 1.165) is 6.42 Å². The second-order valence-electron chi connectivity index (χ2n) is 4.35. The number of urea groups is 1. The average molecular weight is 219 g/mol. The fourth-order valence-electron chi connectivity index (χ4n) is 2.28. The third-order valence-electron chi connectivity index (χ3n) is 3.07. The van der Waals surface area contributed by atoms with Crippen LogP contribution >= 0.6 is 0 Å². The molecule has 4 heteroatoms. The monoisotopic (exact) mass is 219 g/mol. The fraction of sp³-hybridized carbons (Fsp3) is 0.417. The summed E-state index contributed by atoms with van der Waals surface area (Å²) in [6.07, 6.45) is 0.911. The summed E-state index contributed by atoms with van der Waals surface area (Å²) in [6.45, 7) is 1.24. The summed E-state index contributed by atoms with van der Waals surface area (Å²) in [5.41, 5.74) is 12.5. The third kappa shape index (κ3) is 2.33. The van der Waals surface area contributed by atoms with E-state index in [0.29, 0.717) is 19.0 Å². The maximum atomic E-state index is 11.2. The van der Waals surface area contributed by atoms with Crippen molar-refractivity contribution >= 4 is 6.03 Å². The molecule has 86 valence electrons. The van der Waals surface area contributed by atoms with Gasteiger partial charge in [-0.15, -0.1) is 0 Å². The molecule has 1 aromatic rings. The number of amides is 2. The second kappa shape index (κ2) is 4.53. The summed E-state index contributed by atoms with van der Waals surface area (Å²) in [5, 5.41) is 0. The summed E-state index contributed by atoms with van der Waals surface area (Å²) in [5.74, 6) is 0.303. The summed E-state index contributed by atoms with van der Waals surface area (Å²) in [7, 11) is 0. The number of likely N-dealkylation sites (tertiary alicyclic amines) is 1. The molecule has 0 aromatic heterocycles. The predicted molar refractivity (Wildman–Crippen MR) is 62.9 cm³/mol. The molecule has 1 aliphatic heterocycles. The number of nitrogens with zero attached hydrogens (tertiary/aromatic N) is 1. The third-order valence-corrected chi connectivity index (χ3v) is 3.07. The Morgan fingerprint density at radius 2 is 1.94 bits per heavy atom. The van der Waals surface area contributed by atoms with Crippen molar-refractivity contribution in [3.05, 3.63) is 35.9 Å². The highest BCUT2D eigenvalue weighted by Crippen LogP contribution is 2.25. The summed E-state index contributed by atoms with van der Waals surface area (Å²) < 4.78 is 0. The number of primary amides is 1. The quantitative estimate of drug-likeness (QED) is 0.736. The molecule has 16 heavy (non-hydrogen) atoms. The molecule has 0 saturated carbocycles. The lowest BCUT2D eigenvalue weighted by Crippen LogP contribution is -2.50. The number of benzene rings is 1. The van der Waals surface area contributed by atoms with E-state index >= 15 is 0 Å². The molecule has 0 spiro atoms. The first-order valence-electron chi connectivity index (χ1n) is 5.51. The van der Waals surface area contributed by atoms with Gasteiger partial charge in [-0.1, -0.05) is 30.3 Å². The molecule has 0 radical (unpaired) electrons. The SMILES string of the molecule is NC(=O)N1CC(N)CC(c2ccccc2)C1. The van der Waals surface area contributed by atoms with Crippen LogP contribution < -0.4 is 11.5 Å². The Labute approximate surface area is 95.2 Å². The van der Waals surface area contributed by atoms with E-state index in [-0.39, 0.29) is 12.1 Å². The standard InChI is InChI=1S/C12H17N3O/c13-11-6-10(7-15(8-11)12(14)16)9-4-2-1-3-5-9/h1-5,10-11H,6-8,13H2,(H2,14,16). The highest BCUT2D eigenvalue weighted by molar-refractivity contribution is 5.72. The Balaban J connectivity index is 2.14. The van der Waals surface area contributed by atoms with Crippen LogP contribution in [0.25, 0.3) is 0 Å². The summed E-state index contributed by atoms with van der Waals surface area (Å²) >= 11 is 0. The lowest BCUT2D eigenvalue weighted by molar-refractivity contribution is 0.180. The van der Waals surface area contributed by atoms with Gasteiger partial charge in [-0.2, -0.15) is 0 Å². The zero-order chi connectivity index (χ0) is 11.5. The van der Waals surface area contributed by atoms with Crippen molar-refractivity contribution in [3.63, 3.8) is 0 Å². The van der Waals surface area contributed by atoms with E-state index in [1.54, 1.807) is 4.90 Å². The minimum Gasteiger partial charge on any atom is -0.351 e. The molecule has 1 aliphatic rings. The lowest BCUT2D eigenvalue weighted by atomic mass is 9.88. The summed E-state index contributed by atoms with van der Waals surface area (Å²) in [4.78, 5) is 12.8. The zero-order valence-corrected chi connectivity index (χ0v) is 9.17. The lowest BCUT2D eigenvalue weighted by Gasteiger charge is -2.35. The van der Waals surface area contributed by atoms with Crippen LogP contribution in [0.3, 0.4) is 0 Å². The van der Waals surface area contributed by atoms with Gasteiger partial charge in [0.15, 0.2) is 0 Å². The van der Waals surface area contributed by atoms with Gasteiger partial charge >= 0.3 is 6.03 Å². The van der Waals surface area contributed by atoms with Crippen LogP contribution in [0.15, 0.2) is 30.3 Å². The van der Waals surface area contributed by atoms with E-state index in [2.05, 4.69) is 12.1 Å². The van der Waals surface area contributed by atoms with Crippen molar-refractivity contribution in [1.29, 1.82) is 0 Å². The Bertz CT molecular complexity index is 366. The van der Waals surface area contributed by atoms with Crippen LogP contribution in [0.2, 0.25) is 0 Å². The molecule has 2 amide bonds. The van der Waals surface area contributed by atoms with E-state index in [1.165, 1.54) is 5.56 Å². The van der Waals surface area contributed by atoms with E-state index in [4.69, 9.17) is 11.5 Å². The van der Waals surface area contributed by atoms with Gasteiger partial charge in [-0.25, -0.2) is 4.79 Å². The number of piperidine rings is 1. The van der Waals surface area contributed by atoms with Gasteiger partial charge in [0.2, 0.25) is 0 Å². The van der Waals surface area contributed by atoms with Crippen LogP contribution in [0.1, 0.15) is 17.9 Å². The first kappa shape index (κ1) is 11.0. The first-order valence-corrected chi connectivity index (χ1v) is 5.51. The molecule has 1 fully saturated rings. The van der Waals surface area contributed by atoms with Crippen LogP contribution in [-0.2, 0) is 0 Å². The molecule has 4 nitrogen and oxygen atoms in total. The minimum atomic E-state index is -0.379. The molecule has 1 saturated heterocycles. The Hall–Kier alpha value is -1.55. The van der Waals surface area contributed by atoms with Crippen LogP contribution in [0.4, 0.5) is 4.79 Å². The van der Waals surface area contributed by atoms with Gasteiger partial charge in [-0.05, 0) is 12.0 Å². The van der Waals surface area contributed by atoms with Crippen molar-refractivity contribution in [1.82, 2.24) is 4.90 Å². The molecule has 2 atom stereocenters. The Kier molecular flexibility index (Phi) is 3.10.